The summed E-state index contributed by atoms with van der Waals surface area (Å²) in [5.41, 5.74) is 0. The summed E-state index contributed by atoms with van der Waals surface area (Å²) in [4.78, 5) is 83.0. The van der Waals surface area contributed by atoms with Gasteiger partial charge in [-0.15, -0.1) is 0 Å². The van der Waals surface area contributed by atoms with E-state index in [0.717, 1.165) is 0 Å². The second kappa shape index (κ2) is 29.0. The van der Waals surface area contributed by atoms with E-state index in [-0.39, 0.29) is 49.3 Å². The van der Waals surface area contributed by atoms with Crippen LogP contribution in [0.1, 0.15) is 107 Å². The number of aliphatic carboxylic acids is 4. The zero-order valence-corrected chi connectivity index (χ0v) is 27.8. The van der Waals surface area contributed by atoms with Gasteiger partial charge in [-0.05, 0) is 53.4 Å². The van der Waals surface area contributed by atoms with Crippen LogP contribution in [-0.4, -0.2) is 47.0 Å². The number of rotatable bonds is 16. The Morgan fingerprint density at radius 2 is 0.512 bits per heavy atom. The summed E-state index contributed by atoms with van der Waals surface area (Å²) in [5, 5.41) is 40.8. The van der Waals surface area contributed by atoms with Gasteiger partial charge in [0, 0.05) is 0 Å². The van der Waals surface area contributed by atoms with Crippen molar-refractivity contribution < 1.29 is 85.0 Å². The first kappa shape index (κ1) is 48.2. The molecule has 0 aliphatic rings. The van der Waals surface area contributed by atoms with Gasteiger partial charge in [-0.25, -0.2) is 0 Å². The molecule has 0 saturated heterocycles. The van der Waals surface area contributed by atoms with Crippen LogP contribution >= 0.6 is 0 Å². The van der Waals surface area contributed by atoms with Crippen LogP contribution in [0.3, 0.4) is 0 Å². The molecule has 13 heteroatoms. The summed E-state index contributed by atoms with van der Waals surface area (Å²) >= 11 is 0. The molecule has 0 aromatic heterocycles. The van der Waals surface area contributed by atoms with Gasteiger partial charge >= 0.3 is 26.2 Å². The Morgan fingerprint density at radius 1 is 0.390 bits per heavy atom. The molecule has 0 amide bonds. The number of carboxylic acid groups (broad SMARTS) is 4. The van der Waals surface area contributed by atoms with Crippen LogP contribution in [0, 0.1) is 23.7 Å². The van der Waals surface area contributed by atoms with E-state index in [1.54, 1.807) is 0 Å². The summed E-state index contributed by atoms with van der Waals surface area (Å²) in [6, 6.07) is 0. The maximum atomic E-state index is 10.6. The minimum absolute atomic E-state index is 0. The van der Waals surface area contributed by atoms with E-state index in [9.17, 15) is 58.8 Å². The molecule has 0 aromatic carbocycles. The molecule has 0 heterocycles. The molecule has 41 heavy (non-hydrogen) atoms. The molecule has 0 aromatic rings. The third-order valence-electron chi connectivity index (χ3n) is 5.41. The molecule has 0 bridgehead atoms. The number of Topliss-reactive ketones (excluding diaryl/α,β-unsaturated/α-hetero) is 4. The standard InChI is InChI=1S/4C7H12O3.Zr/c4*1-3-4-6(5(2)8)7(9)10;/h4*6H,3-4H2,1-2H3,(H,9,10);/q;;;;+4/p-4. The molecule has 12 nitrogen and oxygen atoms in total. The molecule has 0 saturated carbocycles. The first-order chi connectivity index (χ1) is 18.4. The molecule has 0 N–H and O–H groups in total. The third-order valence-corrected chi connectivity index (χ3v) is 5.41. The summed E-state index contributed by atoms with van der Waals surface area (Å²) in [6.07, 6.45) is 4.32. The Morgan fingerprint density at radius 3 is 0.537 bits per heavy atom. The molecule has 0 spiro atoms. The molecule has 4 unspecified atom stereocenters. The number of carbonyl (C=O) groups excluding carboxylic acids is 8. The predicted molar refractivity (Wildman–Crippen MR) is 136 cm³/mol. The van der Waals surface area contributed by atoms with Gasteiger partial charge in [-0.1, -0.05) is 53.4 Å². The monoisotopic (exact) mass is 662 g/mol. The van der Waals surface area contributed by atoms with E-state index in [4.69, 9.17) is 0 Å². The molecular formula is C28H44O12Zr. The number of carboxylic acids is 4. The maximum absolute atomic E-state index is 10.6. The van der Waals surface area contributed by atoms with E-state index in [1.807, 2.05) is 27.7 Å². The van der Waals surface area contributed by atoms with Crippen molar-refractivity contribution in [1.82, 2.24) is 0 Å². The van der Waals surface area contributed by atoms with Crippen LogP contribution in [0.5, 0.6) is 0 Å². The first-order valence-corrected chi connectivity index (χ1v) is 13.2. The Hall–Kier alpha value is -2.56. The van der Waals surface area contributed by atoms with E-state index in [1.165, 1.54) is 27.7 Å². The zero-order chi connectivity index (χ0) is 32.6. The van der Waals surface area contributed by atoms with Crippen molar-refractivity contribution in [3.8, 4) is 0 Å². The van der Waals surface area contributed by atoms with E-state index < -0.39 is 47.5 Å². The summed E-state index contributed by atoms with van der Waals surface area (Å²) in [6.45, 7) is 12.4. The van der Waals surface area contributed by atoms with Crippen molar-refractivity contribution in [2.75, 3.05) is 0 Å². The second-order valence-corrected chi connectivity index (χ2v) is 9.08. The van der Waals surface area contributed by atoms with E-state index in [0.29, 0.717) is 51.4 Å². The normalized spacial score (nSPS) is 12.3. The Bertz CT molecular complexity index is 646. The maximum Gasteiger partial charge on any atom is 4.00 e. The summed E-state index contributed by atoms with van der Waals surface area (Å²) in [5.74, 6) is -9.88. The molecule has 0 radical (unpaired) electrons. The average molecular weight is 664 g/mol. The fourth-order valence-electron chi connectivity index (χ4n) is 3.10. The smallest absolute Gasteiger partial charge is 0.549 e. The quantitative estimate of drug-likeness (QED) is 0.180. The minimum Gasteiger partial charge on any atom is -0.549 e. The van der Waals surface area contributed by atoms with Gasteiger partial charge in [-0.3, -0.25) is 19.2 Å². The van der Waals surface area contributed by atoms with Gasteiger partial charge in [-0.2, -0.15) is 0 Å². The van der Waals surface area contributed by atoms with Crippen molar-refractivity contribution in [1.29, 1.82) is 0 Å². The zero-order valence-electron chi connectivity index (χ0n) is 25.4. The second-order valence-electron chi connectivity index (χ2n) is 9.08. The first-order valence-electron chi connectivity index (χ1n) is 13.2. The molecule has 0 aliphatic heterocycles. The predicted octanol–water partition coefficient (Wildman–Crippen LogP) is -1.04. The molecular weight excluding hydrogens is 620 g/mol. The van der Waals surface area contributed by atoms with Crippen LogP contribution in [0.25, 0.3) is 0 Å². The number of hydrogen-bond donors (Lipinski definition) is 0. The van der Waals surface area contributed by atoms with Crippen molar-refractivity contribution in [2.45, 2.75) is 107 Å². The van der Waals surface area contributed by atoms with Crippen molar-refractivity contribution in [2.24, 2.45) is 23.7 Å². The molecule has 4 atom stereocenters. The van der Waals surface area contributed by atoms with Crippen LogP contribution < -0.4 is 20.4 Å². The van der Waals surface area contributed by atoms with Gasteiger partial charge in [0.25, 0.3) is 0 Å². The largest absolute Gasteiger partial charge is 4.00 e. The SMILES string of the molecule is CCCC(C(C)=O)C(=O)[O-].CCCC(C(C)=O)C(=O)[O-].CCCC(C(C)=O)C(=O)[O-].CCCC(C(C)=O)C(=O)[O-].[Zr+4]. The van der Waals surface area contributed by atoms with Gasteiger partial charge in [0.15, 0.2) is 0 Å². The van der Waals surface area contributed by atoms with Crippen molar-refractivity contribution in [3.63, 3.8) is 0 Å². The van der Waals surface area contributed by atoms with Gasteiger partial charge in [0.05, 0.1) is 47.5 Å². The minimum atomic E-state index is -1.26. The van der Waals surface area contributed by atoms with Crippen LogP contribution in [0.2, 0.25) is 0 Å². The van der Waals surface area contributed by atoms with Crippen LogP contribution in [0.4, 0.5) is 0 Å². The van der Waals surface area contributed by atoms with E-state index in [2.05, 4.69) is 0 Å². The summed E-state index contributed by atoms with van der Waals surface area (Å²) in [7, 11) is 0. The summed E-state index contributed by atoms with van der Waals surface area (Å²) < 4.78 is 0. The van der Waals surface area contributed by atoms with Gasteiger partial charge in [0.2, 0.25) is 0 Å². The Kier molecular flexibility index (Phi) is 34.0. The number of hydrogen-bond acceptors (Lipinski definition) is 12. The van der Waals surface area contributed by atoms with Gasteiger partial charge < -0.3 is 39.6 Å². The topological polar surface area (TPSA) is 229 Å². The fraction of sp³-hybridized carbons (Fsp3) is 0.714. The van der Waals surface area contributed by atoms with E-state index >= 15 is 0 Å². The molecule has 0 aliphatic carbocycles. The average Bonchev–Trinajstić information content (AvgIpc) is 2.82. The number of carbonyl (C=O) groups is 8. The van der Waals surface area contributed by atoms with Crippen molar-refractivity contribution in [3.05, 3.63) is 0 Å². The van der Waals surface area contributed by atoms with Crippen LogP contribution in [-0.2, 0) is 64.6 Å². The Balaban J connectivity index is -0.000000139. The fourth-order valence-corrected chi connectivity index (χ4v) is 3.10. The van der Waals surface area contributed by atoms with Crippen molar-refractivity contribution >= 4 is 47.0 Å². The number of ketones is 4. The van der Waals surface area contributed by atoms with Crippen LogP contribution in [0.15, 0.2) is 0 Å². The van der Waals surface area contributed by atoms with Gasteiger partial charge in [0.1, 0.15) is 23.1 Å². The molecule has 0 rings (SSSR count). The third kappa shape index (κ3) is 27.4. The molecule has 0 fully saturated rings. The molecule has 232 valence electrons. The Labute approximate surface area is 261 Å².